The first-order valence-electron chi connectivity index (χ1n) is 8.41. The van der Waals surface area contributed by atoms with E-state index in [1.54, 1.807) is 13.1 Å². The third-order valence-electron chi connectivity index (χ3n) is 5.41. The molecule has 1 saturated carbocycles. The Morgan fingerprint density at radius 2 is 2.38 bits per heavy atom. The number of aromatic nitrogens is 2. The Labute approximate surface area is 140 Å². The average Bonchev–Trinajstić information content (AvgIpc) is 3.27. The predicted octanol–water partition coefficient (Wildman–Crippen LogP) is 2.70. The molecule has 1 aliphatic carbocycles. The van der Waals surface area contributed by atoms with Crippen LogP contribution >= 0.6 is 0 Å². The van der Waals surface area contributed by atoms with Crippen molar-refractivity contribution in [2.45, 2.75) is 26.2 Å². The van der Waals surface area contributed by atoms with Crippen LogP contribution in [-0.4, -0.2) is 40.5 Å². The van der Waals surface area contributed by atoms with Crippen molar-refractivity contribution in [1.82, 2.24) is 14.9 Å². The van der Waals surface area contributed by atoms with E-state index in [2.05, 4.69) is 9.97 Å². The largest absolute Gasteiger partial charge is 0.477 e. The fourth-order valence-corrected chi connectivity index (χ4v) is 4.11. The van der Waals surface area contributed by atoms with E-state index in [0.717, 1.165) is 19.4 Å². The number of carbonyl (C=O) groups is 1. The van der Waals surface area contributed by atoms with Crippen LogP contribution in [-0.2, 0) is 0 Å². The van der Waals surface area contributed by atoms with E-state index < -0.39 is 0 Å². The molecule has 2 aromatic heterocycles. The van der Waals surface area contributed by atoms with Gasteiger partial charge >= 0.3 is 0 Å². The first-order chi connectivity index (χ1) is 11.7. The molecule has 0 N–H and O–H groups in total. The zero-order valence-electron chi connectivity index (χ0n) is 13.8. The van der Waals surface area contributed by atoms with Crippen LogP contribution in [0.2, 0.25) is 0 Å². The Bertz CT molecular complexity index is 730. The summed E-state index contributed by atoms with van der Waals surface area (Å²) in [6.45, 7) is 3.88. The van der Waals surface area contributed by atoms with Gasteiger partial charge in [0, 0.05) is 30.8 Å². The number of hydrogen-bond donors (Lipinski definition) is 0. The zero-order valence-corrected chi connectivity index (χ0v) is 13.8. The number of rotatable bonds is 4. The van der Waals surface area contributed by atoms with Crippen molar-refractivity contribution in [2.24, 2.45) is 11.3 Å². The summed E-state index contributed by atoms with van der Waals surface area (Å²) < 4.78 is 11.2. The predicted molar refractivity (Wildman–Crippen MR) is 86.6 cm³/mol. The van der Waals surface area contributed by atoms with Gasteiger partial charge in [0.1, 0.15) is 0 Å². The molecule has 0 aromatic carbocycles. The lowest BCUT2D eigenvalue weighted by Gasteiger charge is -2.28. The summed E-state index contributed by atoms with van der Waals surface area (Å²) in [5.74, 6) is 1.43. The Balaban J connectivity index is 1.49. The highest BCUT2D eigenvalue weighted by Crippen LogP contribution is 2.49. The van der Waals surface area contributed by atoms with Gasteiger partial charge in [-0.15, -0.1) is 0 Å². The molecule has 0 unspecified atom stereocenters. The summed E-state index contributed by atoms with van der Waals surface area (Å²) in [6, 6.07) is 5.67. The molecule has 3 heterocycles. The number of nitrogens with zero attached hydrogens (tertiary/aromatic N) is 3. The normalized spacial score (nSPS) is 25.7. The number of carbonyl (C=O) groups excluding carboxylic acids is 1. The molecule has 1 amide bonds. The second kappa shape index (κ2) is 5.92. The molecule has 2 fully saturated rings. The van der Waals surface area contributed by atoms with Gasteiger partial charge in [-0.2, -0.15) is 0 Å². The van der Waals surface area contributed by atoms with Gasteiger partial charge in [0.25, 0.3) is 5.91 Å². The number of aryl methyl sites for hydroxylation is 1. The summed E-state index contributed by atoms with van der Waals surface area (Å²) in [6.07, 6.45) is 6.49. The van der Waals surface area contributed by atoms with Crippen molar-refractivity contribution in [3.63, 3.8) is 0 Å². The van der Waals surface area contributed by atoms with Crippen LogP contribution in [0, 0.1) is 18.3 Å². The molecule has 0 radical (unpaired) electrons. The van der Waals surface area contributed by atoms with Crippen LogP contribution in [0.4, 0.5) is 0 Å². The van der Waals surface area contributed by atoms with Gasteiger partial charge in [0.2, 0.25) is 11.6 Å². The van der Waals surface area contributed by atoms with Crippen molar-refractivity contribution in [2.75, 3.05) is 19.7 Å². The standard InChI is InChI=1S/C18H21N3O3/c1-13-16(24-12-20-13)17(22)21-9-14-5-4-7-18(14,10-21)11-23-15-6-2-3-8-19-15/h2-3,6,8,12,14H,4-5,7,9-11H2,1H3/t14-,18+/m1/s1. The molecular weight excluding hydrogens is 306 g/mol. The van der Waals surface area contributed by atoms with Crippen molar-refractivity contribution >= 4 is 5.91 Å². The van der Waals surface area contributed by atoms with Crippen LogP contribution in [0.15, 0.2) is 35.2 Å². The van der Waals surface area contributed by atoms with E-state index in [-0.39, 0.29) is 11.3 Å². The first kappa shape index (κ1) is 15.2. The van der Waals surface area contributed by atoms with Gasteiger partial charge in [-0.3, -0.25) is 4.79 Å². The van der Waals surface area contributed by atoms with Gasteiger partial charge < -0.3 is 14.1 Å². The maximum absolute atomic E-state index is 12.7. The van der Waals surface area contributed by atoms with Crippen molar-refractivity contribution in [3.05, 3.63) is 42.2 Å². The number of amides is 1. The second-order valence-electron chi connectivity index (χ2n) is 6.86. The lowest BCUT2D eigenvalue weighted by atomic mass is 9.81. The molecule has 2 atom stereocenters. The van der Waals surface area contributed by atoms with E-state index in [4.69, 9.17) is 9.15 Å². The minimum atomic E-state index is -0.0587. The summed E-state index contributed by atoms with van der Waals surface area (Å²) in [5.41, 5.74) is 0.678. The maximum atomic E-state index is 12.7. The highest BCUT2D eigenvalue weighted by Gasteiger charge is 2.51. The maximum Gasteiger partial charge on any atom is 0.291 e. The number of likely N-dealkylation sites (tertiary alicyclic amines) is 1. The van der Waals surface area contributed by atoms with E-state index in [0.29, 0.717) is 36.4 Å². The molecule has 0 bridgehead atoms. The molecule has 0 spiro atoms. The topological polar surface area (TPSA) is 68.5 Å². The molecule has 4 rings (SSSR count). The molecule has 1 aliphatic heterocycles. The molecule has 6 nitrogen and oxygen atoms in total. The quantitative estimate of drug-likeness (QED) is 0.863. The molecule has 1 saturated heterocycles. The van der Waals surface area contributed by atoms with Crippen LogP contribution in [0.5, 0.6) is 5.88 Å². The highest BCUT2D eigenvalue weighted by atomic mass is 16.5. The van der Waals surface area contributed by atoms with Gasteiger partial charge in [-0.25, -0.2) is 9.97 Å². The monoisotopic (exact) mass is 327 g/mol. The fraction of sp³-hybridized carbons (Fsp3) is 0.500. The number of fused-ring (bicyclic) bond motifs is 1. The Hall–Kier alpha value is -2.37. The number of pyridine rings is 1. The van der Waals surface area contributed by atoms with Crippen LogP contribution < -0.4 is 4.74 Å². The molecular formula is C18H21N3O3. The smallest absolute Gasteiger partial charge is 0.291 e. The minimum Gasteiger partial charge on any atom is -0.477 e. The third kappa shape index (κ3) is 2.56. The number of oxazole rings is 1. The Morgan fingerprint density at radius 1 is 1.46 bits per heavy atom. The van der Waals surface area contributed by atoms with Gasteiger partial charge in [0.05, 0.1) is 12.3 Å². The summed E-state index contributed by atoms with van der Waals surface area (Å²) in [5, 5.41) is 0. The molecule has 6 heteroatoms. The fourth-order valence-electron chi connectivity index (χ4n) is 4.11. The van der Waals surface area contributed by atoms with E-state index >= 15 is 0 Å². The van der Waals surface area contributed by atoms with Crippen molar-refractivity contribution < 1.29 is 13.9 Å². The number of ether oxygens (including phenoxy) is 1. The second-order valence-corrected chi connectivity index (χ2v) is 6.86. The first-order valence-corrected chi connectivity index (χ1v) is 8.41. The third-order valence-corrected chi connectivity index (χ3v) is 5.41. The number of hydrogen-bond acceptors (Lipinski definition) is 5. The molecule has 2 aromatic rings. The average molecular weight is 327 g/mol. The van der Waals surface area contributed by atoms with Crippen molar-refractivity contribution in [1.29, 1.82) is 0 Å². The Morgan fingerprint density at radius 3 is 3.12 bits per heavy atom. The van der Waals surface area contributed by atoms with Gasteiger partial charge in [-0.05, 0) is 31.7 Å². The minimum absolute atomic E-state index is 0.0289. The summed E-state index contributed by atoms with van der Waals surface area (Å²) >= 11 is 0. The lowest BCUT2D eigenvalue weighted by Crippen LogP contribution is -2.35. The SMILES string of the molecule is Cc1ncoc1C(=O)N1C[C@H]2CCC[C@@]2(COc2ccccn2)C1. The van der Waals surface area contributed by atoms with Crippen LogP contribution in [0.3, 0.4) is 0 Å². The van der Waals surface area contributed by atoms with Crippen LogP contribution in [0.25, 0.3) is 0 Å². The van der Waals surface area contributed by atoms with Gasteiger partial charge in [-0.1, -0.05) is 12.5 Å². The van der Waals surface area contributed by atoms with E-state index in [9.17, 15) is 4.79 Å². The van der Waals surface area contributed by atoms with E-state index in [1.165, 1.54) is 12.8 Å². The lowest BCUT2D eigenvalue weighted by molar-refractivity contribution is 0.0713. The summed E-state index contributed by atoms with van der Waals surface area (Å²) in [4.78, 5) is 22.9. The summed E-state index contributed by atoms with van der Waals surface area (Å²) in [7, 11) is 0. The zero-order chi connectivity index (χ0) is 16.6. The molecule has 2 aliphatic rings. The van der Waals surface area contributed by atoms with Gasteiger partial charge in [0.15, 0.2) is 6.39 Å². The molecule has 126 valence electrons. The van der Waals surface area contributed by atoms with E-state index in [1.807, 2.05) is 23.1 Å². The Kier molecular flexibility index (Phi) is 3.75. The van der Waals surface area contributed by atoms with Crippen molar-refractivity contribution in [3.8, 4) is 5.88 Å². The highest BCUT2D eigenvalue weighted by molar-refractivity contribution is 5.92. The molecule has 24 heavy (non-hydrogen) atoms. The van der Waals surface area contributed by atoms with Crippen LogP contribution in [0.1, 0.15) is 35.5 Å².